The van der Waals surface area contributed by atoms with Crippen molar-refractivity contribution in [1.29, 1.82) is 0 Å². The Bertz CT molecular complexity index is 200. The van der Waals surface area contributed by atoms with Crippen molar-refractivity contribution in [2.24, 2.45) is 17.6 Å². The molecule has 1 heteroatoms. The third kappa shape index (κ3) is 11.2. The highest BCUT2D eigenvalue weighted by Crippen LogP contribution is 2.26. The lowest BCUT2D eigenvalue weighted by atomic mass is 9.87. The van der Waals surface area contributed by atoms with E-state index in [1.165, 1.54) is 103 Å². The van der Waals surface area contributed by atoms with Gasteiger partial charge in [0.15, 0.2) is 0 Å². The SMILES string of the molecule is C[C@H](CCCN)CCC1CCCCCCCCCCCC1. The summed E-state index contributed by atoms with van der Waals surface area (Å²) >= 11 is 0. The van der Waals surface area contributed by atoms with Gasteiger partial charge in [-0.1, -0.05) is 96.8 Å². The Balaban J connectivity index is 2.23. The molecule has 0 unspecified atom stereocenters. The maximum Gasteiger partial charge on any atom is -0.00772 e. The number of rotatable bonds is 6. The quantitative estimate of drug-likeness (QED) is 0.598. The summed E-state index contributed by atoms with van der Waals surface area (Å²) in [5.41, 5.74) is 5.63. The zero-order valence-corrected chi connectivity index (χ0v) is 14.8. The van der Waals surface area contributed by atoms with Crippen LogP contribution in [0.1, 0.15) is 110 Å². The van der Waals surface area contributed by atoms with Crippen LogP contribution in [0.5, 0.6) is 0 Å². The van der Waals surface area contributed by atoms with Gasteiger partial charge in [-0.2, -0.15) is 0 Å². The molecule has 0 heterocycles. The molecule has 0 bridgehead atoms. The number of hydrogen-bond acceptors (Lipinski definition) is 1. The molecule has 0 spiro atoms. The van der Waals surface area contributed by atoms with Gasteiger partial charge in [0.05, 0.1) is 0 Å². The molecule has 0 aromatic rings. The van der Waals surface area contributed by atoms with Gasteiger partial charge in [-0.15, -0.1) is 0 Å². The first-order valence-electron chi connectivity index (χ1n) is 10.0. The summed E-state index contributed by atoms with van der Waals surface area (Å²) in [6, 6.07) is 0. The van der Waals surface area contributed by atoms with E-state index in [0.717, 1.165) is 18.4 Å². The maximum atomic E-state index is 5.63. The van der Waals surface area contributed by atoms with Gasteiger partial charge in [0, 0.05) is 0 Å². The molecule has 0 aromatic carbocycles. The van der Waals surface area contributed by atoms with E-state index in [1.807, 2.05) is 0 Å². The minimum absolute atomic E-state index is 0.869. The fourth-order valence-corrected chi connectivity index (χ4v) is 3.84. The molecule has 1 nitrogen and oxygen atoms in total. The van der Waals surface area contributed by atoms with Crippen molar-refractivity contribution in [3.05, 3.63) is 0 Å². The lowest BCUT2D eigenvalue weighted by Gasteiger charge is -2.19. The topological polar surface area (TPSA) is 26.0 Å². The second-order valence-electron chi connectivity index (χ2n) is 7.59. The van der Waals surface area contributed by atoms with Crippen LogP contribution < -0.4 is 5.73 Å². The van der Waals surface area contributed by atoms with Crippen LogP contribution in [0.25, 0.3) is 0 Å². The van der Waals surface area contributed by atoms with Gasteiger partial charge in [-0.05, 0) is 31.2 Å². The minimum atomic E-state index is 0.869. The van der Waals surface area contributed by atoms with E-state index >= 15 is 0 Å². The maximum absolute atomic E-state index is 5.63. The third-order valence-corrected chi connectivity index (χ3v) is 5.44. The lowest BCUT2D eigenvalue weighted by Crippen LogP contribution is -2.07. The summed E-state index contributed by atoms with van der Waals surface area (Å²) in [5.74, 6) is 1.91. The van der Waals surface area contributed by atoms with Crippen LogP contribution in [-0.2, 0) is 0 Å². The average Bonchev–Trinajstić information content (AvgIpc) is 2.52. The third-order valence-electron chi connectivity index (χ3n) is 5.44. The smallest absolute Gasteiger partial charge is 0.00772 e. The molecule has 1 rings (SSSR count). The summed E-state index contributed by atoms with van der Waals surface area (Å²) in [7, 11) is 0. The first-order chi connectivity index (χ1) is 10.3. The second-order valence-corrected chi connectivity index (χ2v) is 7.59. The zero-order chi connectivity index (χ0) is 15.2. The van der Waals surface area contributed by atoms with E-state index < -0.39 is 0 Å². The molecule has 0 radical (unpaired) electrons. The first-order valence-corrected chi connectivity index (χ1v) is 10.0. The molecule has 0 amide bonds. The minimum Gasteiger partial charge on any atom is -0.330 e. The van der Waals surface area contributed by atoms with Crippen molar-refractivity contribution < 1.29 is 0 Å². The molecule has 2 N–H and O–H groups in total. The van der Waals surface area contributed by atoms with Crippen molar-refractivity contribution in [1.82, 2.24) is 0 Å². The van der Waals surface area contributed by atoms with Crippen LogP contribution in [0, 0.1) is 11.8 Å². The molecule has 0 aliphatic heterocycles. The van der Waals surface area contributed by atoms with Gasteiger partial charge in [-0.3, -0.25) is 0 Å². The highest BCUT2D eigenvalue weighted by atomic mass is 14.5. The Morgan fingerprint density at radius 1 is 0.762 bits per heavy atom. The molecule has 0 aromatic heterocycles. The molecular weight excluding hydrogens is 254 g/mol. The van der Waals surface area contributed by atoms with Gasteiger partial charge in [0.1, 0.15) is 0 Å². The Hall–Kier alpha value is -0.0400. The van der Waals surface area contributed by atoms with Gasteiger partial charge in [0.25, 0.3) is 0 Å². The van der Waals surface area contributed by atoms with Gasteiger partial charge >= 0.3 is 0 Å². The van der Waals surface area contributed by atoms with Crippen LogP contribution in [-0.4, -0.2) is 6.54 Å². The predicted molar refractivity (Wildman–Crippen MR) is 95.6 cm³/mol. The Kier molecular flexibility index (Phi) is 12.3. The van der Waals surface area contributed by atoms with E-state index in [0.29, 0.717) is 0 Å². The van der Waals surface area contributed by atoms with Crippen molar-refractivity contribution in [2.45, 2.75) is 110 Å². The van der Waals surface area contributed by atoms with Crippen molar-refractivity contribution in [3.63, 3.8) is 0 Å². The van der Waals surface area contributed by atoms with Crippen LogP contribution in [0.4, 0.5) is 0 Å². The van der Waals surface area contributed by atoms with E-state index in [1.54, 1.807) is 0 Å². The fourth-order valence-electron chi connectivity index (χ4n) is 3.84. The molecular formula is C20H41N. The largest absolute Gasteiger partial charge is 0.330 e. The summed E-state index contributed by atoms with van der Waals surface area (Å²) in [6.07, 6.45) is 23.3. The Morgan fingerprint density at radius 3 is 1.71 bits per heavy atom. The Labute approximate surface area is 134 Å². The molecule has 0 saturated heterocycles. The molecule has 21 heavy (non-hydrogen) atoms. The Morgan fingerprint density at radius 2 is 1.24 bits per heavy atom. The summed E-state index contributed by atoms with van der Waals surface area (Å²) < 4.78 is 0. The van der Waals surface area contributed by atoms with E-state index in [-0.39, 0.29) is 0 Å². The summed E-state index contributed by atoms with van der Waals surface area (Å²) in [4.78, 5) is 0. The van der Waals surface area contributed by atoms with E-state index in [4.69, 9.17) is 5.73 Å². The van der Waals surface area contributed by atoms with Crippen LogP contribution >= 0.6 is 0 Å². The predicted octanol–water partition coefficient (Wildman–Crippen LogP) is 6.45. The molecule has 1 aliphatic rings. The monoisotopic (exact) mass is 295 g/mol. The summed E-state index contributed by atoms with van der Waals surface area (Å²) in [6.45, 7) is 3.29. The second kappa shape index (κ2) is 13.6. The van der Waals surface area contributed by atoms with Crippen molar-refractivity contribution in [2.75, 3.05) is 6.54 Å². The van der Waals surface area contributed by atoms with Crippen molar-refractivity contribution >= 4 is 0 Å². The molecule has 1 fully saturated rings. The first kappa shape index (κ1) is 19.0. The molecule has 1 atom stereocenters. The fraction of sp³-hybridized carbons (Fsp3) is 1.00. The summed E-state index contributed by atoms with van der Waals surface area (Å²) in [5, 5.41) is 0. The zero-order valence-electron chi connectivity index (χ0n) is 14.8. The van der Waals surface area contributed by atoms with Crippen LogP contribution in [0.2, 0.25) is 0 Å². The van der Waals surface area contributed by atoms with Gasteiger partial charge < -0.3 is 5.73 Å². The average molecular weight is 296 g/mol. The van der Waals surface area contributed by atoms with Gasteiger partial charge in [0.2, 0.25) is 0 Å². The van der Waals surface area contributed by atoms with Crippen LogP contribution in [0.3, 0.4) is 0 Å². The standard InChI is InChI=1S/C20H41N/c1-19(13-12-18-21)16-17-20-14-10-8-6-4-2-3-5-7-9-11-15-20/h19-20H,2-18,21H2,1H3/t19-/m1/s1. The highest BCUT2D eigenvalue weighted by Gasteiger charge is 2.11. The van der Waals surface area contributed by atoms with E-state index in [9.17, 15) is 0 Å². The van der Waals surface area contributed by atoms with Crippen molar-refractivity contribution in [3.8, 4) is 0 Å². The van der Waals surface area contributed by atoms with E-state index in [2.05, 4.69) is 6.92 Å². The normalized spacial score (nSPS) is 22.0. The van der Waals surface area contributed by atoms with Gasteiger partial charge in [-0.25, -0.2) is 0 Å². The number of nitrogens with two attached hydrogens (primary N) is 1. The highest BCUT2D eigenvalue weighted by molar-refractivity contribution is 4.65. The van der Waals surface area contributed by atoms with Crippen LogP contribution in [0.15, 0.2) is 0 Å². The lowest BCUT2D eigenvalue weighted by molar-refractivity contribution is 0.339. The number of hydrogen-bond donors (Lipinski definition) is 1. The molecule has 126 valence electrons. The molecule has 1 saturated carbocycles. The molecule has 1 aliphatic carbocycles.